The van der Waals surface area contributed by atoms with Crippen LogP contribution in [0.2, 0.25) is 0 Å². The first-order valence-corrected chi connectivity index (χ1v) is 7.05. The Morgan fingerprint density at radius 3 is 3.22 bits per heavy atom. The molecule has 2 heterocycles. The van der Waals surface area contributed by atoms with Gasteiger partial charge in [0.1, 0.15) is 0 Å². The number of carbonyl (C=O) groups is 1. The van der Waals surface area contributed by atoms with Gasteiger partial charge in [-0.15, -0.1) is 11.3 Å². The highest BCUT2D eigenvalue weighted by Gasteiger charge is 2.16. The van der Waals surface area contributed by atoms with Gasteiger partial charge < -0.3 is 14.8 Å². The molecule has 100 valence electrons. The molecule has 1 aromatic rings. The van der Waals surface area contributed by atoms with E-state index >= 15 is 0 Å². The fourth-order valence-corrected chi connectivity index (χ4v) is 2.90. The summed E-state index contributed by atoms with van der Waals surface area (Å²) in [6, 6.07) is 3.79. The van der Waals surface area contributed by atoms with Crippen LogP contribution in [-0.2, 0) is 16.1 Å². The first-order chi connectivity index (χ1) is 8.79. The van der Waals surface area contributed by atoms with Gasteiger partial charge in [-0.05, 0) is 30.9 Å². The van der Waals surface area contributed by atoms with E-state index in [-0.39, 0.29) is 5.91 Å². The van der Waals surface area contributed by atoms with Crippen LogP contribution in [0, 0.1) is 5.92 Å². The highest BCUT2D eigenvalue weighted by atomic mass is 32.1. The lowest BCUT2D eigenvalue weighted by molar-refractivity contribution is 0.0954. The molecule has 1 fully saturated rings. The molecule has 1 aliphatic heterocycles. The molecule has 1 atom stereocenters. The number of nitrogens with one attached hydrogen (secondary N) is 1. The van der Waals surface area contributed by atoms with Crippen LogP contribution in [0.15, 0.2) is 12.1 Å². The predicted octanol–water partition coefficient (Wildman–Crippen LogP) is 2.05. The van der Waals surface area contributed by atoms with E-state index < -0.39 is 0 Å². The molecule has 0 aliphatic carbocycles. The summed E-state index contributed by atoms with van der Waals surface area (Å²) in [7, 11) is 1.66. The fourth-order valence-electron chi connectivity index (χ4n) is 2.01. The topological polar surface area (TPSA) is 47.6 Å². The molecule has 5 heteroatoms. The van der Waals surface area contributed by atoms with Crippen molar-refractivity contribution in [2.75, 3.05) is 26.9 Å². The third-order valence-corrected chi connectivity index (χ3v) is 4.09. The van der Waals surface area contributed by atoms with E-state index in [9.17, 15) is 4.79 Å². The summed E-state index contributed by atoms with van der Waals surface area (Å²) in [5, 5.41) is 2.96. The van der Waals surface area contributed by atoms with Crippen molar-refractivity contribution in [3.05, 3.63) is 21.9 Å². The molecule has 0 bridgehead atoms. The molecule has 1 aromatic heterocycles. The Kier molecular flexibility index (Phi) is 5.16. The van der Waals surface area contributed by atoms with Crippen molar-refractivity contribution in [3.63, 3.8) is 0 Å². The van der Waals surface area contributed by atoms with Crippen molar-refractivity contribution in [3.8, 4) is 0 Å². The van der Waals surface area contributed by atoms with Gasteiger partial charge in [-0.2, -0.15) is 0 Å². The smallest absolute Gasteiger partial charge is 0.261 e. The van der Waals surface area contributed by atoms with Crippen molar-refractivity contribution < 1.29 is 14.3 Å². The Morgan fingerprint density at radius 1 is 1.61 bits per heavy atom. The molecule has 1 N–H and O–H groups in total. The molecule has 1 saturated heterocycles. The molecule has 0 saturated carbocycles. The fraction of sp³-hybridized carbons (Fsp3) is 0.615. The summed E-state index contributed by atoms with van der Waals surface area (Å²) >= 11 is 1.49. The second-order valence-electron chi connectivity index (χ2n) is 4.47. The molecular weight excluding hydrogens is 250 g/mol. The number of ether oxygens (including phenoxy) is 2. The zero-order chi connectivity index (χ0) is 12.8. The van der Waals surface area contributed by atoms with Crippen LogP contribution in [0.4, 0.5) is 0 Å². The molecule has 0 unspecified atom stereocenters. The molecule has 4 nitrogen and oxygen atoms in total. The summed E-state index contributed by atoms with van der Waals surface area (Å²) < 4.78 is 10.3. The van der Waals surface area contributed by atoms with E-state index in [1.165, 1.54) is 11.3 Å². The Labute approximate surface area is 111 Å². The standard InChI is InChI=1S/C13H19NO3S/c1-16-9-11-2-3-12(18-11)13(15)14-6-4-10-5-7-17-8-10/h2-3,10H,4-9H2,1H3,(H,14,15)/t10-/m0/s1. The number of methoxy groups -OCH3 is 1. The Balaban J connectivity index is 1.72. The lowest BCUT2D eigenvalue weighted by Gasteiger charge is -2.07. The number of thiophene rings is 1. The minimum absolute atomic E-state index is 0.0151. The molecule has 18 heavy (non-hydrogen) atoms. The monoisotopic (exact) mass is 269 g/mol. The van der Waals surface area contributed by atoms with Gasteiger partial charge in [-0.3, -0.25) is 4.79 Å². The first kappa shape index (κ1) is 13.5. The molecular formula is C13H19NO3S. The van der Waals surface area contributed by atoms with Gasteiger partial charge in [0, 0.05) is 31.7 Å². The number of amides is 1. The Bertz CT molecular complexity index is 385. The lowest BCUT2D eigenvalue weighted by atomic mass is 10.1. The number of hydrogen-bond acceptors (Lipinski definition) is 4. The van der Waals surface area contributed by atoms with Crippen LogP contribution in [0.5, 0.6) is 0 Å². The van der Waals surface area contributed by atoms with E-state index in [0.717, 1.165) is 42.4 Å². The first-order valence-electron chi connectivity index (χ1n) is 6.23. The van der Waals surface area contributed by atoms with Crippen LogP contribution in [0.3, 0.4) is 0 Å². The molecule has 0 radical (unpaired) electrons. The summed E-state index contributed by atoms with van der Waals surface area (Å²) in [5.41, 5.74) is 0. The minimum atomic E-state index is 0.0151. The van der Waals surface area contributed by atoms with Gasteiger partial charge in [0.2, 0.25) is 0 Å². The molecule has 1 amide bonds. The summed E-state index contributed by atoms with van der Waals surface area (Å²) in [5.74, 6) is 0.624. The van der Waals surface area contributed by atoms with Gasteiger partial charge in [0.25, 0.3) is 5.91 Å². The maximum absolute atomic E-state index is 11.9. The summed E-state index contributed by atoms with van der Waals surface area (Å²) in [6.07, 6.45) is 2.12. The van der Waals surface area contributed by atoms with E-state index in [1.807, 2.05) is 12.1 Å². The quantitative estimate of drug-likeness (QED) is 0.860. The van der Waals surface area contributed by atoms with Gasteiger partial charge in [0.15, 0.2) is 0 Å². The summed E-state index contributed by atoms with van der Waals surface area (Å²) in [6.45, 7) is 3.00. The van der Waals surface area contributed by atoms with Crippen molar-refractivity contribution >= 4 is 17.2 Å². The molecule has 1 aliphatic rings. The minimum Gasteiger partial charge on any atom is -0.381 e. The Hall–Kier alpha value is -0.910. The van der Waals surface area contributed by atoms with Crippen LogP contribution in [-0.4, -0.2) is 32.8 Å². The predicted molar refractivity (Wildman–Crippen MR) is 70.9 cm³/mol. The van der Waals surface area contributed by atoms with Crippen LogP contribution >= 0.6 is 11.3 Å². The normalized spacial score (nSPS) is 19.1. The van der Waals surface area contributed by atoms with Gasteiger partial charge >= 0.3 is 0 Å². The highest BCUT2D eigenvalue weighted by Crippen LogP contribution is 2.18. The van der Waals surface area contributed by atoms with Crippen LogP contribution < -0.4 is 5.32 Å². The zero-order valence-electron chi connectivity index (χ0n) is 10.6. The van der Waals surface area contributed by atoms with Crippen LogP contribution in [0.25, 0.3) is 0 Å². The van der Waals surface area contributed by atoms with Crippen molar-refractivity contribution in [2.45, 2.75) is 19.4 Å². The highest BCUT2D eigenvalue weighted by molar-refractivity contribution is 7.14. The van der Waals surface area contributed by atoms with Crippen molar-refractivity contribution in [1.82, 2.24) is 5.32 Å². The van der Waals surface area contributed by atoms with E-state index in [4.69, 9.17) is 9.47 Å². The Morgan fingerprint density at radius 2 is 2.50 bits per heavy atom. The third kappa shape index (κ3) is 3.80. The maximum Gasteiger partial charge on any atom is 0.261 e. The summed E-state index contributed by atoms with van der Waals surface area (Å²) in [4.78, 5) is 13.7. The lowest BCUT2D eigenvalue weighted by Crippen LogP contribution is -2.25. The number of carbonyl (C=O) groups excluding carboxylic acids is 1. The third-order valence-electron chi connectivity index (χ3n) is 3.03. The van der Waals surface area contributed by atoms with E-state index in [2.05, 4.69) is 5.32 Å². The number of rotatable bonds is 6. The molecule has 2 rings (SSSR count). The van der Waals surface area contributed by atoms with E-state index in [1.54, 1.807) is 7.11 Å². The van der Waals surface area contributed by atoms with Crippen LogP contribution in [0.1, 0.15) is 27.4 Å². The average Bonchev–Trinajstić information content (AvgIpc) is 3.00. The second-order valence-corrected chi connectivity index (χ2v) is 5.64. The maximum atomic E-state index is 11.9. The molecule has 0 aromatic carbocycles. The number of hydrogen-bond donors (Lipinski definition) is 1. The molecule has 0 spiro atoms. The van der Waals surface area contributed by atoms with E-state index in [0.29, 0.717) is 12.5 Å². The SMILES string of the molecule is COCc1ccc(C(=O)NCC[C@H]2CCOC2)s1. The van der Waals surface area contributed by atoms with Gasteiger partial charge in [0.05, 0.1) is 11.5 Å². The van der Waals surface area contributed by atoms with Gasteiger partial charge in [-0.1, -0.05) is 0 Å². The average molecular weight is 269 g/mol. The second kappa shape index (κ2) is 6.87. The zero-order valence-corrected chi connectivity index (χ0v) is 11.4. The van der Waals surface area contributed by atoms with Crippen molar-refractivity contribution in [1.29, 1.82) is 0 Å². The van der Waals surface area contributed by atoms with Gasteiger partial charge in [-0.25, -0.2) is 0 Å². The largest absolute Gasteiger partial charge is 0.381 e. The van der Waals surface area contributed by atoms with Crippen molar-refractivity contribution in [2.24, 2.45) is 5.92 Å².